The zero-order valence-corrected chi connectivity index (χ0v) is 15.8. The van der Waals surface area contributed by atoms with Crippen molar-refractivity contribution in [2.45, 2.75) is 25.7 Å². The summed E-state index contributed by atoms with van der Waals surface area (Å²) < 4.78 is 54.0. The van der Waals surface area contributed by atoms with Gasteiger partial charge in [0.15, 0.2) is 6.10 Å². The molecule has 29 heavy (non-hydrogen) atoms. The normalized spacial score (nSPS) is 12.2. The molecule has 0 aliphatic carbocycles. The lowest BCUT2D eigenvalue weighted by Gasteiger charge is -2.16. The van der Waals surface area contributed by atoms with Crippen molar-refractivity contribution in [2.24, 2.45) is 0 Å². The lowest BCUT2D eigenvalue weighted by atomic mass is 10.1. The van der Waals surface area contributed by atoms with Crippen LogP contribution in [-0.4, -0.2) is 36.6 Å². The Morgan fingerprint density at radius 2 is 1.79 bits per heavy atom. The molecule has 2 rings (SSSR count). The van der Waals surface area contributed by atoms with Gasteiger partial charge in [0.1, 0.15) is 18.0 Å². The van der Waals surface area contributed by atoms with Crippen LogP contribution in [0.5, 0.6) is 11.5 Å². The Kier molecular flexibility index (Phi) is 6.68. The molecule has 0 saturated carbocycles. The van der Waals surface area contributed by atoms with E-state index in [-0.39, 0.29) is 11.3 Å². The molecule has 0 spiro atoms. The van der Waals surface area contributed by atoms with E-state index in [1.165, 1.54) is 39.3 Å². The molecule has 1 aromatic carbocycles. The average Bonchev–Trinajstić information content (AvgIpc) is 2.67. The van der Waals surface area contributed by atoms with Crippen molar-refractivity contribution in [1.29, 1.82) is 0 Å². The summed E-state index contributed by atoms with van der Waals surface area (Å²) in [6.45, 7) is 0.527. The SMILES string of the molecule is COc1ccc(C(=O)[C@H](C)OC(=O)Cn2cc(C(F)(F)F)ccc2=O)c(OC)c1. The second-order valence-electron chi connectivity index (χ2n) is 5.94. The van der Waals surface area contributed by atoms with Gasteiger partial charge in [-0.15, -0.1) is 0 Å². The van der Waals surface area contributed by atoms with Gasteiger partial charge in [0, 0.05) is 18.3 Å². The summed E-state index contributed by atoms with van der Waals surface area (Å²) in [5.41, 5.74) is -1.77. The van der Waals surface area contributed by atoms with Crippen LogP contribution < -0.4 is 15.0 Å². The van der Waals surface area contributed by atoms with Crippen molar-refractivity contribution in [3.63, 3.8) is 0 Å². The summed E-state index contributed by atoms with van der Waals surface area (Å²) in [5.74, 6) is -0.979. The van der Waals surface area contributed by atoms with Crippen molar-refractivity contribution < 1.29 is 37.0 Å². The van der Waals surface area contributed by atoms with Gasteiger partial charge in [0.25, 0.3) is 5.56 Å². The highest BCUT2D eigenvalue weighted by atomic mass is 19.4. The molecular formula is C19H18F3NO6. The number of carbonyl (C=O) groups excluding carboxylic acids is 2. The quantitative estimate of drug-likeness (QED) is 0.513. The molecule has 156 valence electrons. The first kappa shape index (κ1) is 22.0. The van der Waals surface area contributed by atoms with Gasteiger partial charge in [-0.2, -0.15) is 13.2 Å². The number of aromatic nitrogens is 1. The van der Waals surface area contributed by atoms with Crippen molar-refractivity contribution in [3.05, 3.63) is 58.0 Å². The molecule has 0 bridgehead atoms. The number of ether oxygens (including phenoxy) is 3. The molecule has 1 atom stereocenters. The highest BCUT2D eigenvalue weighted by molar-refractivity contribution is 6.02. The van der Waals surface area contributed by atoms with Crippen LogP contribution in [0, 0.1) is 0 Å². The maximum Gasteiger partial charge on any atom is 0.417 e. The number of esters is 1. The predicted octanol–water partition coefficient (Wildman–Crippen LogP) is 2.70. The Morgan fingerprint density at radius 1 is 1.10 bits per heavy atom. The lowest BCUT2D eigenvalue weighted by molar-refractivity contribution is -0.147. The predicted molar refractivity (Wildman–Crippen MR) is 95.1 cm³/mol. The monoisotopic (exact) mass is 413 g/mol. The van der Waals surface area contributed by atoms with Crippen LogP contribution in [-0.2, 0) is 22.3 Å². The third kappa shape index (κ3) is 5.37. The van der Waals surface area contributed by atoms with E-state index in [4.69, 9.17) is 14.2 Å². The number of halogens is 3. The molecule has 0 saturated heterocycles. The first-order valence-corrected chi connectivity index (χ1v) is 8.30. The molecule has 0 N–H and O–H groups in total. The third-order valence-electron chi connectivity index (χ3n) is 3.96. The molecular weight excluding hydrogens is 395 g/mol. The van der Waals surface area contributed by atoms with Crippen molar-refractivity contribution in [1.82, 2.24) is 4.57 Å². The number of carbonyl (C=O) groups is 2. The first-order valence-electron chi connectivity index (χ1n) is 8.30. The van der Waals surface area contributed by atoms with E-state index >= 15 is 0 Å². The van der Waals surface area contributed by atoms with E-state index in [1.807, 2.05) is 0 Å². The molecule has 0 aliphatic rings. The number of hydrogen-bond acceptors (Lipinski definition) is 6. The molecule has 0 unspecified atom stereocenters. The van der Waals surface area contributed by atoms with E-state index in [0.29, 0.717) is 28.6 Å². The number of rotatable bonds is 7. The Bertz CT molecular complexity index is 967. The van der Waals surface area contributed by atoms with Gasteiger partial charge in [0.05, 0.1) is 25.3 Å². The largest absolute Gasteiger partial charge is 0.497 e. The second kappa shape index (κ2) is 8.80. The van der Waals surface area contributed by atoms with Crippen LogP contribution in [0.3, 0.4) is 0 Å². The first-order chi connectivity index (χ1) is 13.6. The van der Waals surface area contributed by atoms with Crippen LogP contribution in [0.2, 0.25) is 0 Å². The fraction of sp³-hybridized carbons (Fsp3) is 0.316. The van der Waals surface area contributed by atoms with Crippen LogP contribution >= 0.6 is 0 Å². The molecule has 1 heterocycles. The summed E-state index contributed by atoms with van der Waals surface area (Å²) in [4.78, 5) is 36.3. The van der Waals surface area contributed by atoms with Gasteiger partial charge in [0.2, 0.25) is 5.78 Å². The zero-order valence-electron chi connectivity index (χ0n) is 15.8. The number of ketones is 1. The van der Waals surface area contributed by atoms with E-state index < -0.39 is 41.7 Å². The van der Waals surface area contributed by atoms with Gasteiger partial charge in [-0.3, -0.25) is 14.4 Å². The molecule has 10 heteroatoms. The average molecular weight is 413 g/mol. The van der Waals surface area contributed by atoms with Gasteiger partial charge < -0.3 is 18.8 Å². The van der Waals surface area contributed by atoms with Crippen molar-refractivity contribution in [3.8, 4) is 11.5 Å². The minimum absolute atomic E-state index is 0.129. The van der Waals surface area contributed by atoms with E-state index in [9.17, 15) is 27.6 Å². The minimum atomic E-state index is -4.67. The minimum Gasteiger partial charge on any atom is -0.497 e. The summed E-state index contributed by atoms with van der Waals surface area (Å²) in [7, 11) is 2.79. The highest BCUT2D eigenvalue weighted by Gasteiger charge is 2.31. The van der Waals surface area contributed by atoms with Crippen LogP contribution in [0.15, 0.2) is 41.3 Å². The van der Waals surface area contributed by atoms with Crippen LogP contribution in [0.1, 0.15) is 22.8 Å². The molecule has 0 aliphatic heterocycles. The standard InChI is InChI=1S/C19H18F3NO6/c1-11(18(26)14-6-5-13(27-2)8-15(14)28-3)29-17(25)10-23-9-12(19(20,21)22)4-7-16(23)24/h4-9,11H,10H2,1-3H3/t11-/m0/s1. The Hall–Kier alpha value is -3.30. The molecule has 1 aromatic heterocycles. The number of pyridine rings is 1. The van der Waals surface area contributed by atoms with Crippen molar-refractivity contribution >= 4 is 11.8 Å². The van der Waals surface area contributed by atoms with E-state index in [2.05, 4.69) is 0 Å². The third-order valence-corrected chi connectivity index (χ3v) is 3.96. The zero-order chi connectivity index (χ0) is 21.8. The smallest absolute Gasteiger partial charge is 0.417 e. The molecule has 7 nitrogen and oxygen atoms in total. The van der Waals surface area contributed by atoms with Crippen LogP contribution in [0.4, 0.5) is 13.2 Å². The maximum absolute atomic E-state index is 12.8. The number of hydrogen-bond donors (Lipinski definition) is 0. The summed E-state index contributed by atoms with van der Waals surface area (Å²) in [6, 6.07) is 5.75. The molecule has 2 aromatic rings. The van der Waals surface area contributed by atoms with Crippen molar-refractivity contribution in [2.75, 3.05) is 14.2 Å². The number of benzene rings is 1. The highest BCUT2D eigenvalue weighted by Crippen LogP contribution is 2.28. The number of methoxy groups -OCH3 is 2. The fourth-order valence-electron chi connectivity index (χ4n) is 2.47. The second-order valence-corrected chi connectivity index (χ2v) is 5.94. The lowest BCUT2D eigenvalue weighted by Crippen LogP contribution is -2.30. The number of nitrogens with zero attached hydrogens (tertiary/aromatic N) is 1. The topological polar surface area (TPSA) is 83.8 Å². The molecule has 0 radical (unpaired) electrons. The van der Waals surface area contributed by atoms with E-state index in [0.717, 1.165) is 0 Å². The summed E-state index contributed by atoms with van der Waals surface area (Å²) in [5, 5.41) is 0. The van der Waals surface area contributed by atoms with Crippen LogP contribution in [0.25, 0.3) is 0 Å². The summed E-state index contributed by atoms with van der Waals surface area (Å²) in [6.07, 6.45) is -5.41. The van der Waals surface area contributed by atoms with Gasteiger partial charge >= 0.3 is 12.1 Å². The number of alkyl halides is 3. The molecule has 0 fully saturated rings. The Balaban J connectivity index is 2.13. The Morgan fingerprint density at radius 3 is 2.38 bits per heavy atom. The van der Waals surface area contributed by atoms with E-state index in [1.54, 1.807) is 0 Å². The Labute approximate surface area is 163 Å². The molecule has 0 amide bonds. The van der Waals surface area contributed by atoms with Gasteiger partial charge in [-0.1, -0.05) is 0 Å². The fourth-order valence-corrected chi connectivity index (χ4v) is 2.47. The number of Topliss-reactive ketones (excluding diaryl/α,β-unsaturated/α-hetero) is 1. The summed E-state index contributed by atoms with van der Waals surface area (Å²) >= 11 is 0. The maximum atomic E-state index is 12.8. The van der Waals surface area contributed by atoms with Gasteiger partial charge in [-0.25, -0.2) is 0 Å². The van der Waals surface area contributed by atoms with Gasteiger partial charge in [-0.05, 0) is 25.1 Å².